The summed E-state index contributed by atoms with van der Waals surface area (Å²) in [5.41, 5.74) is 0.573. The van der Waals surface area contributed by atoms with Crippen molar-refractivity contribution < 1.29 is 12.8 Å². The van der Waals surface area contributed by atoms with Gasteiger partial charge in [-0.25, -0.2) is 12.8 Å². The van der Waals surface area contributed by atoms with E-state index in [0.29, 0.717) is 18.7 Å². The molecule has 17 heavy (non-hydrogen) atoms. The van der Waals surface area contributed by atoms with Gasteiger partial charge >= 0.3 is 0 Å². The van der Waals surface area contributed by atoms with Gasteiger partial charge in [0, 0.05) is 0 Å². The van der Waals surface area contributed by atoms with E-state index in [2.05, 4.69) is 10.3 Å². The lowest BCUT2D eigenvalue weighted by atomic mass is 10.2. The molecule has 2 heterocycles. The van der Waals surface area contributed by atoms with E-state index in [1.807, 2.05) is 0 Å². The standard InChI is InChI=1S/C11H15FN2O2S/c1-8-4-5-13-11(7-17(8,15)16)10-3-2-9(12)6-14-10/h2-3,6,8,11,13H,4-5,7H2,1H3. The molecule has 2 unspecified atom stereocenters. The molecule has 0 spiro atoms. The minimum atomic E-state index is -3.10. The maximum absolute atomic E-state index is 12.7. The Morgan fingerprint density at radius 3 is 2.88 bits per heavy atom. The van der Waals surface area contributed by atoms with Crippen molar-refractivity contribution in [1.29, 1.82) is 0 Å². The molecule has 2 atom stereocenters. The van der Waals surface area contributed by atoms with Gasteiger partial charge in [-0.3, -0.25) is 4.98 Å². The molecule has 0 aromatic carbocycles. The summed E-state index contributed by atoms with van der Waals surface area (Å²) in [6.45, 7) is 2.35. The second kappa shape index (κ2) is 4.70. The molecule has 0 aliphatic carbocycles. The fraction of sp³-hybridized carbons (Fsp3) is 0.545. The Kier molecular flexibility index (Phi) is 3.44. The Balaban J connectivity index is 2.24. The van der Waals surface area contributed by atoms with Gasteiger partial charge in [-0.15, -0.1) is 0 Å². The Labute approximate surface area is 100 Å². The van der Waals surface area contributed by atoms with Crippen LogP contribution in [0.5, 0.6) is 0 Å². The predicted octanol–water partition coefficient (Wildman–Crippen LogP) is 1.06. The third-order valence-electron chi connectivity index (χ3n) is 3.06. The maximum Gasteiger partial charge on any atom is 0.154 e. The van der Waals surface area contributed by atoms with E-state index in [1.54, 1.807) is 6.92 Å². The number of hydrogen-bond donors (Lipinski definition) is 1. The number of rotatable bonds is 1. The van der Waals surface area contributed by atoms with Crippen LogP contribution in [0, 0.1) is 5.82 Å². The first-order valence-corrected chi connectivity index (χ1v) is 7.27. The summed E-state index contributed by atoms with van der Waals surface area (Å²) in [5, 5.41) is 2.81. The molecule has 1 N–H and O–H groups in total. The number of nitrogens with zero attached hydrogens (tertiary/aromatic N) is 1. The number of nitrogens with one attached hydrogen (secondary N) is 1. The monoisotopic (exact) mass is 258 g/mol. The van der Waals surface area contributed by atoms with Crippen LogP contribution in [-0.2, 0) is 9.84 Å². The van der Waals surface area contributed by atoms with Gasteiger partial charge in [0.25, 0.3) is 0 Å². The highest BCUT2D eigenvalue weighted by atomic mass is 32.2. The molecule has 6 heteroatoms. The summed E-state index contributed by atoms with van der Waals surface area (Å²) < 4.78 is 36.6. The number of pyridine rings is 1. The highest BCUT2D eigenvalue weighted by Gasteiger charge is 2.29. The van der Waals surface area contributed by atoms with Crippen molar-refractivity contribution in [3.05, 3.63) is 29.8 Å². The summed E-state index contributed by atoms with van der Waals surface area (Å²) in [7, 11) is -3.10. The van der Waals surface area contributed by atoms with Crippen molar-refractivity contribution >= 4 is 9.84 Å². The van der Waals surface area contributed by atoms with Crippen molar-refractivity contribution in [2.45, 2.75) is 24.6 Å². The van der Waals surface area contributed by atoms with E-state index in [-0.39, 0.29) is 17.0 Å². The van der Waals surface area contributed by atoms with E-state index < -0.39 is 15.7 Å². The largest absolute Gasteiger partial charge is 0.308 e. The Morgan fingerprint density at radius 1 is 1.47 bits per heavy atom. The molecule has 1 fully saturated rings. The number of sulfone groups is 1. The van der Waals surface area contributed by atoms with Gasteiger partial charge in [0.1, 0.15) is 5.82 Å². The summed E-state index contributed by atoms with van der Waals surface area (Å²) in [4.78, 5) is 3.93. The molecule has 0 saturated carbocycles. The lowest BCUT2D eigenvalue weighted by molar-refractivity contribution is 0.556. The van der Waals surface area contributed by atoms with Crippen molar-refractivity contribution in [3.8, 4) is 0 Å². The van der Waals surface area contributed by atoms with Crippen LogP contribution < -0.4 is 5.32 Å². The number of hydrogen-bond acceptors (Lipinski definition) is 4. The van der Waals surface area contributed by atoms with Gasteiger partial charge in [-0.1, -0.05) is 0 Å². The molecule has 1 aliphatic heterocycles. The zero-order valence-electron chi connectivity index (χ0n) is 9.56. The SMILES string of the molecule is CC1CCNC(c2ccc(F)cn2)CS1(=O)=O. The van der Waals surface area contributed by atoms with Gasteiger partial charge in [0.15, 0.2) is 9.84 Å². The second-order valence-electron chi connectivity index (χ2n) is 4.34. The first kappa shape index (κ1) is 12.4. The normalized spacial score (nSPS) is 28.6. The Bertz CT molecular complexity index is 487. The van der Waals surface area contributed by atoms with Crippen LogP contribution in [0.1, 0.15) is 25.1 Å². The van der Waals surface area contributed by atoms with E-state index >= 15 is 0 Å². The lowest BCUT2D eigenvalue weighted by Crippen LogP contribution is -2.26. The molecule has 0 bridgehead atoms. The van der Waals surface area contributed by atoms with E-state index in [9.17, 15) is 12.8 Å². The van der Waals surface area contributed by atoms with Crippen LogP contribution in [0.15, 0.2) is 18.3 Å². The summed E-state index contributed by atoms with van der Waals surface area (Å²) in [6.07, 6.45) is 1.71. The van der Waals surface area contributed by atoms with Crippen molar-refractivity contribution in [3.63, 3.8) is 0 Å². The molecule has 2 rings (SSSR count). The topological polar surface area (TPSA) is 59.1 Å². The van der Waals surface area contributed by atoms with Gasteiger partial charge in [0.05, 0.1) is 28.9 Å². The van der Waals surface area contributed by atoms with Gasteiger partial charge < -0.3 is 5.32 Å². The molecule has 1 saturated heterocycles. The highest BCUT2D eigenvalue weighted by Crippen LogP contribution is 2.20. The molecular formula is C11H15FN2O2S. The van der Waals surface area contributed by atoms with Crippen molar-refractivity contribution in [2.24, 2.45) is 0 Å². The summed E-state index contributed by atoms with van der Waals surface area (Å²) in [6, 6.07) is 2.48. The fourth-order valence-corrected chi connectivity index (χ4v) is 3.44. The lowest BCUT2D eigenvalue weighted by Gasteiger charge is -2.14. The Hall–Kier alpha value is -1.01. The third kappa shape index (κ3) is 2.81. The van der Waals surface area contributed by atoms with E-state index in [1.165, 1.54) is 12.1 Å². The maximum atomic E-state index is 12.7. The van der Waals surface area contributed by atoms with E-state index in [0.717, 1.165) is 6.20 Å². The predicted molar refractivity (Wildman–Crippen MR) is 62.8 cm³/mol. The van der Waals surface area contributed by atoms with Crippen molar-refractivity contribution in [1.82, 2.24) is 10.3 Å². The zero-order chi connectivity index (χ0) is 12.5. The van der Waals surface area contributed by atoms with Crippen LogP contribution in [0.4, 0.5) is 4.39 Å². The van der Waals surface area contributed by atoms with Gasteiger partial charge in [0.2, 0.25) is 0 Å². The van der Waals surface area contributed by atoms with Crippen LogP contribution in [-0.4, -0.2) is 30.9 Å². The average molecular weight is 258 g/mol. The van der Waals surface area contributed by atoms with Crippen LogP contribution in [0.25, 0.3) is 0 Å². The van der Waals surface area contributed by atoms with Crippen molar-refractivity contribution in [2.75, 3.05) is 12.3 Å². The molecule has 94 valence electrons. The van der Waals surface area contributed by atoms with Crippen LogP contribution in [0.3, 0.4) is 0 Å². The highest BCUT2D eigenvalue weighted by molar-refractivity contribution is 7.92. The summed E-state index contributed by atoms with van der Waals surface area (Å²) >= 11 is 0. The number of aromatic nitrogens is 1. The molecule has 1 aliphatic rings. The summed E-state index contributed by atoms with van der Waals surface area (Å²) in [5.74, 6) is -0.397. The number of halogens is 1. The first-order chi connectivity index (χ1) is 7.99. The molecular weight excluding hydrogens is 243 g/mol. The Morgan fingerprint density at radius 2 is 2.24 bits per heavy atom. The second-order valence-corrected chi connectivity index (χ2v) is 6.80. The van der Waals surface area contributed by atoms with E-state index in [4.69, 9.17) is 0 Å². The average Bonchev–Trinajstić information content (AvgIpc) is 2.40. The molecule has 4 nitrogen and oxygen atoms in total. The third-order valence-corrected chi connectivity index (χ3v) is 5.32. The smallest absolute Gasteiger partial charge is 0.154 e. The molecule has 0 amide bonds. The van der Waals surface area contributed by atoms with Gasteiger partial charge in [-0.05, 0) is 32.0 Å². The van der Waals surface area contributed by atoms with Gasteiger partial charge in [-0.2, -0.15) is 0 Å². The fourth-order valence-electron chi connectivity index (χ4n) is 1.88. The minimum Gasteiger partial charge on any atom is -0.308 e. The molecule has 1 aromatic heterocycles. The van der Waals surface area contributed by atoms with Crippen LogP contribution in [0.2, 0.25) is 0 Å². The molecule has 1 aromatic rings. The molecule has 0 radical (unpaired) electrons. The first-order valence-electron chi connectivity index (χ1n) is 5.55. The zero-order valence-corrected chi connectivity index (χ0v) is 10.4. The quantitative estimate of drug-likeness (QED) is 0.818. The minimum absolute atomic E-state index is 0.0206. The van der Waals surface area contributed by atoms with Crippen LogP contribution >= 0.6 is 0 Å².